The van der Waals surface area contributed by atoms with Gasteiger partial charge in [0.15, 0.2) is 0 Å². The highest BCUT2D eigenvalue weighted by molar-refractivity contribution is 5.90. The molecule has 2 atom stereocenters. The number of aromatic amines is 1. The van der Waals surface area contributed by atoms with E-state index >= 15 is 0 Å². The van der Waals surface area contributed by atoms with Gasteiger partial charge in [-0.05, 0) is 73.2 Å². The minimum Gasteiger partial charge on any atom is -0.361 e. The molecule has 3 aliphatic rings. The number of aryl methyl sites for hydroxylation is 1. The van der Waals surface area contributed by atoms with Crippen molar-refractivity contribution in [1.82, 2.24) is 20.5 Å². The summed E-state index contributed by atoms with van der Waals surface area (Å²) in [6, 6.07) is 16.4. The minimum atomic E-state index is -0.552. The largest absolute Gasteiger partial charge is 0.361 e. The van der Waals surface area contributed by atoms with E-state index in [1.807, 2.05) is 29.3 Å². The second-order valence-corrected chi connectivity index (χ2v) is 10.9. The third-order valence-electron chi connectivity index (χ3n) is 8.88. The molecule has 1 aromatic heterocycles. The summed E-state index contributed by atoms with van der Waals surface area (Å²) in [6.07, 6.45) is 8.66. The Morgan fingerprint density at radius 3 is 2.69 bits per heavy atom. The van der Waals surface area contributed by atoms with E-state index < -0.39 is 6.04 Å². The second-order valence-electron chi connectivity index (χ2n) is 10.9. The predicted molar refractivity (Wildman–Crippen MR) is 142 cm³/mol. The number of amides is 2. The lowest BCUT2D eigenvalue weighted by molar-refractivity contribution is -0.138. The molecule has 1 aliphatic carbocycles. The van der Waals surface area contributed by atoms with Crippen molar-refractivity contribution in [3.63, 3.8) is 0 Å². The maximum atomic E-state index is 13.9. The lowest BCUT2D eigenvalue weighted by Crippen LogP contribution is -2.55. The zero-order chi connectivity index (χ0) is 24.5. The number of carbonyl (C=O) groups excluding carboxylic acids is 2. The Labute approximate surface area is 212 Å². The van der Waals surface area contributed by atoms with E-state index in [1.54, 1.807) is 0 Å². The van der Waals surface area contributed by atoms with Gasteiger partial charge in [-0.2, -0.15) is 0 Å². The molecule has 6 rings (SSSR count). The van der Waals surface area contributed by atoms with Crippen LogP contribution in [0.25, 0.3) is 10.9 Å². The number of hydrogen-bond donors (Lipinski definition) is 3. The topological polar surface area (TPSA) is 77.2 Å². The van der Waals surface area contributed by atoms with Crippen molar-refractivity contribution in [1.29, 1.82) is 0 Å². The molecule has 6 nitrogen and oxygen atoms in total. The van der Waals surface area contributed by atoms with Crippen molar-refractivity contribution in [3.8, 4) is 0 Å². The van der Waals surface area contributed by atoms with Crippen molar-refractivity contribution in [3.05, 3.63) is 71.4 Å². The van der Waals surface area contributed by atoms with E-state index in [2.05, 4.69) is 45.9 Å². The average Bonchev–Trinajstić information content (AvgIpc) is 3.51. The smallest absolute Gasteiger partial charge is 0.245 e. The molecular weight excluding hydrogens is 448 g/mol. The molecule has 2 fully saturated rings. The van der Waals surface area contributed by atoms with Crippen LogP contribution >= 0.6 is 0 Å². The second kappa shape index (κ2) is 9.74. The Morgan fingerprint density at radius 1 is 1.06 bits per heavy atom. The van der Waals surface area contributed by atoms with Crippen LogP contribution in [0.5, 0.6) is 0 Å². The summed E-state index contributed by atoms with van der Waals surface area (Å²) < 4.78 is 0. The summed E-state index contributed by atoms with van der Waals surface area (Å²) in [7, 11) is 0. The molecule has 2 saturated heterocycles. The monoisotopic (exact) mass is 484 g/mol. The maximum Gasteiger partial charge on any atom is 0.245 e. The molecule has 36 heavy (non-hydrogen) atoms. The molecular formula is C30H36N4O2. The quantitative estimate of drug-likeness (QED) is 0.517. The normalized spacial score (nSPS) is 21.9. The van der Waals surface area contributed by atoms with Gasteiger partial charge < -0.3 is 20.5 Å². The van der Waals surface area contributed by atoms with E-state index in [0.29, 0.717) is 13.0 Å². The summed E-state index contributed by atoms with van der Waals surface area (Å²) in [5, 5.41) is 7.62. The van der Waals surface area contributed by atoms with E-state index in [-0.39, 0.29) is 23.1 Å². The van der Waals surface area contributed by atoms with Crippen LogP contribution in [0.3, 0.4) is 0 Å². The molecule has 1 spiro atoms. The van der Waals surface area contributed by atoms with Crippen LogP contribution in [0.1, 0.15) is 48.8 Å². The summed E-state index contributed by atoms with van der Waals surface area (Å²) in [4.78, 5) is 32.4. The first-order chi connectivity index (χ1) is 17.6. The zero-order valence-electron chi connectivity index (χ0n) is 20.9. The van der Waals surface area contributed by atoms with Gasteiger partial charge in [-0.3, -0.25) is 9.59 Å². The molecule has 2 aliphatic heterocycles. The van der Waals surface area contributed by atoms with Crippen LogP contribution in [0, 0.1) is 5.92 Å². The number of nitrogens with zero attached hydrogens (tertiary/aromatic N) is 1. The van der Waals surface area contributed by atoms with Gasteiger partial charge in [-0.15, -0.1) is 0 Å². The third-order valence-corrected chi connectivity index (χ3v) is 8.88. The van der Waals surface area contributed by atoms with Gasteiger partial charge in [0.25, 0.3) is 0 Å². The van der Waals surface area contributed by atoms with E-state index in [9.17, 15) is 9.59 Å². The molecule has 188 valence electrons. The van der Waals surface area contributed by atoms with Crippen LogP contribution < -0.4 is 10.6 Å². The maximum absolute atomic E-state index is 13.9. The highest BCUT2D eigenvalue weighted by Crippen LogP contribution is 2.46. The molecule has 3 heterocycles. The highest BCUT2D eigenvalue weighted by atomic mass is 16.2. The number of carbonyl (C=O) groups is 2. The van der Waals surface area contributed by atoms with Crippen molar-refractivity contribution in [2.75, 3.05) is 26.2 Å². The zero-order valence-corrected chi connectivity index (χ0v) is 20.9. The number of fused-ring (bicyclic) bond motifs is 3. The van der Waals surface area contributed by atoms with Gasteiger partial charge in [0.1, 0.15) is 6.04 Å². The minimum absolute atomic E-state index is 0.00130. The van der Waals surface area contributed by atoms with Crippen molar-refractivity contribution >= 4 is 22.7 Å². The lowest BCUT2D eigenvalue weighted by atomic mass is 9.73. The van der Waals surface area contributed by atoms with Gasteiger partial charge in [0.2, 0.25) is 11.8 Å². The number of benzene rings is 2. The number of aromatic nitrogens is 1. The third kappa shape index (κ3) is 4.32. The first kappa shape index (κ1) is 23.3. The Hall–Kier alpha value is -3.12. The van der Waals surface area contributed by atoms with Crippen LogP contribution in [-0.2, 0) is 27.8 Å². The highest BCUT2D eigenvalue weighted by Gasteiger charge is 2.42. The number of piperidine rings is 2. The van der Waals surface area contributed by atoms with Gasteiger partial charge in [0.05, 0.1) is 5.92 Å². The summed E-state index contributed by atoms with van der Waals surface area (Å²) in [5.74, 6) is -0.0197. The number of likely N-dealkylation sites (tertiary alicyclic amines) is 1. The molecule has 2 amide bonds. The van der Waals surface area contributed by atoms with Gasteiger partial charge in [0, 0.05) is 43.2 Å². The van der Waals surface area contributed by atoms with Crippen molar-refractivity contribution < 1.29 is 9.59 Å². The Bertz CT molecular complexity index is 1250. The fourth-order valence-corrected chi connectivity index (χ4v) is 6.74. The predicted octanol–water partition coefficient (Wildman–Crippen LogP) is 3.70. The number of para-hydroxylation sites is 1. The first-order valence-corrected chi connectivity index (χ1v) is 13.6. The van der Waals surface area contributed by atoms with Crippen molar-refractivity contribution in [2.45, 2.75) is 56.4 Å². The van der Waals surface area contributed by atoms with E-state index in [1.165, 1.54) is 17.5 Å². The number of nitrogens with one attached hydrogen (secondary N) is 3. The van der Waals surface area contributed by atoms with Crippen LogP contribution in [0.4, 0.5) is 0 Å². The van der Waals surface area contributed by atoms with Gasteiger partial charge in [-0.1, -0.05) is 42.5 Å². The molecule has 0 bridgehead atoms. The fraction of sp³-hybridized carbons (Fsp3) is 0.467. The molecule has 0 radical (unpaired) electrons. The molecule has 1 unspecified atom stereocenters. The number of hydrogen-bond acceptors (Lipinski definition) is 3. The number of rotatable bonds is 5. The standard InChI is InChI=1S/C30H36N4O2/c35-28(22-7-5-15-31-19-22)33-27(18-23-20-32-26-10-4-2-8-24(23)26)29(36)34-16-13-30(14-17-34)12-11-21-6-1-3-9-25(21)30/h1-4,6,8-10,20,22,27,31-32H,5,7,11-19H2,(H,33,35)/t22?,27-/m1/s1. The molecule has 3 N–H and O–H groups in total. The number of H-pyrrole nitrogens is 1. The van der Waals surface area contributed by atoms with Crippen LogP contribution in [-0.4, -0.2) is 53.9 Å². The van der Waals surface area contributed by atoms with Crippen molar-refractivity contribution in [2.24, 2.45) is 5.92 Å². The SMILES string of the molecule is O=C(N[C@H](Cc1c[nH]c2ccccc12)C(=O)N1CCC2(CCc3ccccc32)CC1)C1CCCNC1. The molecule has 6 heteroatoms. The fourth-order valence-electron chi connectivity index (χ4n) is 6.74. The van der Waals surface area contributed by atoms with Gasteiger partial charge in [-0.25, -0.2) is 0 Å². The average molecular weight is 485 g/mol. The van der Waals surface area contributed by atoms with Gasteiger partial charge >= 0.3 is 0 Å². The lowest BCUT2D eigenvalue weighted by Gasteiger charge is -2.41. The first-order valence-electron chi connectivity index (χ1n) is 13.6. The Kier molecular flexibility index (Phi) is 6.30. The molecule has 3 aromatic rings. The Morgan fingerprint density at radius 2 is 1.86 bits per heavy atom. The summed E-state index contributed by atoms with van der Waals surface area (Å²) in [5.41, 5.74) is 5.30. The molecule has 2 aromatic carbocycles. The Balaban J connectivity index is 1.20. The van der Waals surface area contributed by atoms with Crippen LogP contribution in [0.2, 0.25) is 0 Å². The van der Waals surface area contributed by atoms with E-state index in [0.717, 1.165) is 68.2 Å². The van der Waals surface area contributed by atoms with E-state index in [4.69, 9.17) is 0 Å². The summed E-state index contributed by atoms with van der Waals surface area (Å²) >= 11 is 0. The summed E-state index contributed by atoms with van der Waals surface area (Å²) in [6.45, 7) is 3.14. The van der Waals surface area contributed by atoms with Crippen LogP contribution in [0.15, 0.2) is 54.7 Å². The molecule has 0 saturated carbocycles.